The fourth-order valence-electron chi connectivity index (χ4n) is 1.71. The molecule has 0 saturated carbocycles. The van der Waals surface area contributed by atoms with Crippen molar-refractivity contribution in [1.82, 2.24) is 0 Å². The third kappa shape index (κ3) is 2.63. The van der Waals surface area contributed by atoms with Crippen molar-refractivity contribution in [3.05, 3.63) is 71.0 Å². The Morgan fingerprint density at radius 3 is 1.89 bits per heavy atom. The molecule has 0 unspecified atom stereocenters. The molecule has 2 rings (SSSR count). The summed E-state index contributed by atoms with van der Waals surface area (Å²) in [6.45, 7) is 1.89. The van der Waals surface area contributed by atoms with E-state index < -0.39 is 0 Å². The molecule has 0 aliphatic heterocycles. The van der Waals surface area contributed by atoms with E-state index in [4.69, 9.17) is 5.73 Å². The number of nitrogens with two attached hydrogens (primary N) is 1. The molecule has 0 saturated heterocycles. The molecule has 0 fully saturated rings. The van der Waals surface area contributed by atoms with Crippen molar-refractivity contribution in [1.29, 1.82) is 0 Å². The van der Waals surface area contributed by atoms with Gasteiger partial charge in [0.15, 0.2) is 5.78 Å². The first-order chi connectivity index (χ1) is 8.58. The fourth-order valence-corrected chi connectivity index (χ4v) is 1.71. The van der Waals surface area contributed by atoms with Crippen molar-refractivity contribution in [2.24, 2.45) is 5.73 Å². The summed E-state index contributed by atoms with van der Waals surface area (Å²) in [5, 5.41) is 0. The zero-order valence-electron chi connectivity index (χ0n) is 10.1. The molecule has 0 bridgehead atoms. The van der Waals surface area contributed by atoms with Crippen LogP contribution in [0.3, 0.4) is 0 Å². The largest absolute Gasteiger partial charge is 0.324 e. The van der Waals surface area contributed by atoms with Gasteiger partial charge in [0.2, 0.25) is 0 Å². The summed E-state index contributed by atoms with van der Waals surface area (Å²) in [4.78, 5) is 12.1. The molecule has 2 N–H and O–H groups in total. The van der Waals surface area contributed by atoms with Gasteiger partial charge < -0.3 is 5.73 Å². The highest BCUT2D eigenvalue weighted by Crippen LogP contribution is 2.14. The van der Waals surface area contributed by atoms with Crippen molar-refractivity contribution in [2.45, 2.75) is 13.0 Å². The van der Waals surface area contributed by atoms with Gasteiger partial charge in [-0.2, -0.15) is 0 Å². The van der Waals surface area contributed by atoms with Crippen molar-refractivity contribution < 1.29 is 9.18 Å². The van der Waals surface area contributed by atoms with Crippen LogP contribution in [0.5, 0.6) is 0 Å². The number of carbonyl (C=O) groups is 1. The molecule has 2 aromatic rings. The summed E-state index contributed by atoms with van der Waals surface area (Å²) in [7, 11) is 0. The Morgan fingerprint density at radius 1 is 1.00 bits per heavy atom. The lowest BCUT2D eigenvalue weighted by molar-refractivity contribution is 0.103. The average molecular weight is 243 g/mol. The second-order valence-electron chi connectivity index (χ2n) is 4.25. The van der Waals surface area contributed by atoms with E-state index in [2.05, 4.69) is 0 Å². The molecule has 2 aromatic carbocycles. The van der Waals surface area contributed by atoms with E-state index >= 15 is 0 Å². The molecule has 18 heavy (non-hydrogen) atoms. The number of carbonyl (C=O) groups excluding carboxylic acids is 1. The lowest BCUT2D eigenvalue weighted by Crippen LogP contribution is -2.06. The first kappa shape index (κ1) is 12.5. The predicted octanol–water partition coefficient (Wildman–Crippen LogP) is 3.08. The molecule has 0 aliphatic carbocycles. The smallest absolute Gasteiger partial charge is 0.193 e. The van der Waals surface area contributed by atoms with Crippen LogP contribution in [0.15, 0.2) is 48.5 Å². The van der Waals surface area contributed by atoms with Crippen LogP contribution in [0.2, 0.25) is 0 Å². The van der Waals surface area contributed by atoms with Crippen LogP contribution in [0.25, 0.3) is 0 Å². The number of halogens is 1. The zero-order chi connectivity index (χ0) is 13.1. The number of hydrogen-bond donors (Lipinski definition) is 1. The van der Waals surface area contributed by atoms with Crippen LogP contribution in [0, 0.1) is 5.82 Å². The van der Waals surface area contributed by atoms with Gasteiger partial charge in [0.05, 0.1) is 0 Å². The van der Waals surface area contributed by atoms with Crippen LogP contribution < -0.4 is 5.73 Å². The number of ketones is 1. The minimum atomic E-state index is -0.348. The van der Waals surface area contributed by atoms with Crippen LogP contribution in [0.1, 0.15) is 34.5 Å². The second kappa shape index (κ2) is 5.10. The summed E-state index contributed by atoms with van der Waals surface area (Å²) in [6.07, 6.45) is 0. The Balaban J connectivity index is 2.26. The average Bonchev–Trinajstić information content (AvgIpc) is 2.39. The molecule has 0 spiro atoms. The lowest BCUT2D eigenvalue weighted by atomic mass is 10.0. The fraction of sp³-hybridized carbons (Fsp3) is 0.133. The van der Waals surface area contributed by atoms with Crippen LogP contribution in [-0.2, 0) is 0 Å². The van der Waals surface area contributed by atoms with Crippen molar-refractivity contribution >= 4 is 5.78 Å². The predicted molar refractivity (Wildman–Crippen MR) is 68.9 cm³/mol. The molecule has 3 heteroatoms. The normalized spacial score (nSPS) is 12.2. The van der Waals surface area contributed by atoms with E-state index in [-0.39, 0.29) is 17.6 Å². The Morgan fingerprint density at radius 2 is 1.44 bits per heavy atom. The van der Waals surface area contributed by atoms with Gasteiger partial charge in [0, 0.05) is 17.2 Å². The number of hydrogen-bond acceptors (Lipinski definition) is 2. The van der Waals surface area contributed by atoms with E-state index in [1.165, 1.54) is 24.3 Å². The molecular weight excluding hydrogens is 229 g/mol. The summed E-state index contributed by atoms with van der Waals surface area (Å²) in [5.74, 6) is -0.468. The van der Waals surface area contributed by atoms with E-state index in [0.29, 0.717) is 11.1 Å². The highest BCUT2D eigenvalue weighted by Gasteiger charge is 2.09. The maximum Gasteiger partial charge on any atom is 0.193 e. The highest BCUT2D eigenvalue weighted by molar-refractivity contribution is 6.08. The summed E-state index contributed by atoms with van der Waals surface area (Å²) in [5.41, 5.74) is 7.77. The third-order valence-electron chi connectivity index (χ3n) is 2.81. The van der Waals surface area contributed by atoms with Gasteiger partial charge in [-0.1, -0.05) is 24.3 Å². The van der Waals surface area contributed by atoms with Gasteiger partial charge in [0.25, 0.3) is 0 Å². The summed E-state index contributed by atoms with van der Waals surface area (Å²) >= 11 is 0. The molecule has 2 nitrogen and oxygen atoms in total. The van der Waals surface area contributed by atoms with Crippen molar-refractivity contribution in [3.8, 4) is 0 Å². The van der Waals surface area contributed by atoms with Gasteiger partial charge in [-0.15, -0.1) is 0 Å². The first-order valence-corrected chi connectivity index (χ1v) is 5.74. The molecule has 1 atom stereocenters. The molecule has 0 heterocycles. The van der Waals surface area contributed by atoms with Crippen molar-refractivity contribution in [3.63, 3.8) is 0 Å². The van der Waals surface area contributed by atoms with Crippen LogP contribution in [0.4, 0.5) is 4.39 Å². The molecule has 0 aromatic heterocycles. The van der Waals surface area contributed by atoms with Crippen molar-refractivity contribution in [2.75, 3.05) is 0 Å². The Hall–Kier alpha value is -2.00. The topological polar surface area (TPSA) is 43.1 Å². The Bertz CT molecular complexity index is 544. The quantitative estimate of drug-likeness (QED) is 0.842. The monoisotopic (exact) mass is 243 g/mol. The highest BCUT2D eigenvalue weighted by atomic mass is 19.1. The number of rotatable bonds is 3. The maximum absolute atomic E-state index is 12.8. The Kier molecular flexibility index (Phi) is 3.53. The van der Waals surface area contributed by atoms with E-state index in [1.807, 2.05) is 19.1 Å². The van der Waals surface area contributed by atoms with Gasteiger partial charge in [-0.3, -0.25) is 4.79 Å². The van der Waals surface area contributed by atoms with E-state index in [9.17, 15) is 9.18 Å². The maximum atomic E-state index is 12.8. The van der Waals surface area contributed by atoms with Gasteiger partial charge in [-0.25, -0.2) is 4.39 Å². The number of benzene rings is 2. The van der Waals surface area contributed by atoms with E-state index in [1.54, 1.807) is 12.1 Å². The van der Waals surface area contributed by atoms with Gasteiger partial charge in [0.1, 0.15) is 5.82 Å². The van der Waals surface area contributed by atoms with Crippen LogP contribution in [-0.4, -0.2) is 5.78 Å². The van der Waals surface area contributed by atoms with Crippen LogP contribution >= 0.6 is 0 Å². The van der Waals surface area contributed by atoms with E-state index in [0.717, 1.165) is 5.56 Å². The SMILES string of the molecule is C[C@@H](N)c1ccc(C(=O)c2ccc(F)cc2)cc1. The minimum Gasteiger partial charge on any atom is -0.324 e. The molecule has 0 amide bonds. The summed E-state index contributed by atoms with van der Waals surface area (Å²) < 4.78 is 12.8. The van der Waals surface area contributed by atoms with Gasteiger partial charge >= 0.3 is 0 Å². The zero-order valence-corrected chi connectivity index (χ0v) is 10.1. The molecule has 0 radical (unpaired) electrons. The summed E-state index contributed by atoms with van der Waals surface area (Å²) in [6, 6.07) is 12.6. The standard InChI is InChI=1S/C15H14FNO/c1-10(17)11-2-4-12(5-3-11)15(18)13-6-8-14(16)9-7-13/h2-10H,17H2,1H3/t10-/m1/s1. The van der Waals surface area contributed by atoms with Gasteiger partial charge in [-0.05, 0) is 36.8 Å². The second-order valence-corrected chi connectivity index (χ2v) is 4.25. The first-order valence-electron chi connectivity index (χ1n) is 5.74. The molecular formula is C15H14FNO. The molecule has 92 valence electrons. The Labute approximate surface area is 105 Å². The minimum absolute atomic E-state index is 0.0556. The molecule has 0 aliphatic rings. The third-order valence-corrected chi connectivity index (χ3v) is 2.81. The lowest BCUT2D eigenvalue weighted by Gasteiger charge is -2.06.